The summed E-state index contributed by atoms with van der Waals surface area (Å²) in [6.07, 6.45) is 0. The van der Waals surface area contributed by atoms with Crippen LogP contribution in [0.4, 0.5) is 45.5 Å². The average molecular weight is 1210 g/mol. The van der Waals surface area contributed by atoms with Crippen molar-refractivity contribution in [2.45, 2.75) is 105 Å². The van der Waals surface area contributed by atoms with E-state index in [1.54, 1.807) is 0 Å². The zero-order valence-corrected chi connectivity index (χ0v) is 50.0. The number of rotatable bonds is 8. The van der Waals surface area contributed by atoms with Crippen LogP contribution in [0.5, 0.6) is 0 Å². The normalized spacial score (nSPS) is 13.3. The summed E-state index contributed by atoms with van der Waals surface area (Å²) < 4.78 is 0. The number of nitrogens with zero attached hydrogens (tertiary/aromatic N) is 5. The molecular formula is C73H71N5Pt. The van der Waals surface area contributed by atoms with Crippen LogP contribution in [0.3, 0.4) is 0 Å². The van der Waals surface area contributed by atoms with E-state index in [0.717, 1.165) is 45.5 Å². The summed E-state index contributed by atoms with van der Waals surface area (Å²) in [5.74, 6) is 0. The maximum atomic E-state index is 6.25. The van der Waals surface area contributed by atoms with Crippen LogP contribution in [-0.2, 0) is 42.7 Å². The van der Waals surface area contributed by atoms with E-state index in [2.05, 4.69) is 322 Å². The molecule has 0 aromatic heterocycles. The van der Waals surface area contributed by atoms with Gasteiger partial charge in [-0.2, -0.15) is 6.07 Å². The molecule has 2 aliphatic rings. The van der Waals surface area contributed by atoms with Gasteiger partial charge in [0, 0.05) is 56.4 Å². The molecule has 6 heteroatoms. The predicted molar refractivity (Wildman–Crippen MR) is 330 cm³/mol. The standard InChI is InChI=1S/C72H71N4.CN.Pt/c1-69(2,3)53-40-51(41-54(44-53)70(4,5)6)61-34-24-32-59(49-26-15-13-16-27-49)67(61)75-47-73(63-36-19-21-38-65(63)75)57-30-23-31-58(46-57)74-48-76(66-39-22-20-37-64(66)74)68-60(50-28-17-14-18-29-50)33-25-35-62(68)52-42-55(71(7,8)9)45-56(43-52)72(10,11)12;1-2;/h13-45,47-48H,1-12H3;;/q-3;-1;+4. The van der Waals surface area contributed by atoms with Crippen molar-refractivity contribution in [2.24, 2.45) is 0 Å². The number of hydrogen-bond donors (Lipinski definition) is 0. The van der Waals surface area contributed by atoms with E-state index in [1.165, 1.54) is 66.8 Å². The van der Waals surface area contributed by atoms with Gasteiger partial charge in [-0.3, -0.25) is 0 Å². The van der Waals surface area contributed by atoms with Gasteiger partial charge >= 0.3 is 21.1 Å². The molecule has 2 aliphatic heterocycles. The number of fused-ring (bicyclic) bond motifs is 2. The SMILES string of the molecule is CC(C)(C)c1cc(-c2cccc(-c3ccccc3)c2N2[CH-]N(c3[c-]c(N4[CH-]N(c5c(-c6ccccc6)cccc5-c5cc(C(C)(C)C)cc(C(C)(C)C)c5)c5ccccc54)ccc3)c3ccccc32)cc(C(C)(C)C)c1.[C-]#N.[Pt+4]. The van der Waals surface area contributed by atoms with E-state index < -0.39 is 0 Å². The van der Waals surface area contributed by atoms with Gasteiger partial charge in [0.05, 0.1) is 0 Å². The van der Waals surface area contributed by atoms with Gasteiger partial charge in [0.25, 0.3) is 0 Å². The van der Waals surface area contributed by atoms with E-state index in [9.17, 15) is 0 Å². The first kappa shape index (κ1) is 56.1. The largest absolute Gasteiger partial charge is 4.00 e. The van der Waals surface area contributed by atoms with E-state index >= 15 is 0 Å². The molecule has 0 N–H and O–H groups in total. The zero-order chi connectivity index (χ0) is 55.3. The maximum Gasteiger partial charge on any atom is 4.00 e. The fourth-order valence-corrected chi connectivity index (χ4v) is 10.8. The van der Waals surface area contributed by atoms with Crippen LogP contribution in [0.2, 0.25) is 0 Å². The Bertz CT molecular complexity index is 3360. The molecule has 0 spiro atoms. The summed E-state index contributed by atoms with van der Waals surface area (Å²) >= 11 is 0. The summed E-state index contributed by atoms with van der Waals surface area (Å²) in [6, 6.07) is 77.8. The minimum atomic E-state index is -0.0384. The van der Waals surface area contributed by atoms with Crippen LogP contribution < -0.4 is 19.6 Å². The minimum Gasteiger partial charge on any atom is -0.512 e. The third-order valence-electron chi connectivity index (χ3n) is 15.2. The van der Waals surface area contributed by atoms with Crippen molar-refractivity contribution in [3.8, 4) is 44.5 Å². The van der Waals surface area contributed by atoms with Crippen molar-refractivity contribution < 1.29 is 21.1 Å². The molecule has 0 atom stereocenters. The summed E-state index contributed by atoms with van der Waals surface area (Å²) in [7, 11) is 0. The van der Waals surface area contributed by atoms with Crippen LogP contribution in [0.25, 0.3) is 44.5 Å². The summed E-state index contributed by atoms with van der Waals surface area (Å²) in [5, 5.41) is 6.25. The van der Waals surface area contributed by atoms with Gasteiger partial charge in [-0.25, -0.2) is 0 Å². The Morgan fingerprint density at radius 3 is 0.886 bits per heavy atom. The van der Waals surface area contributed by atoms with Gasteiger partial charge in [0.1, 0.15) is 0 Å². The van der Waals surface area contributed by atoms with Crippen molar-refractivity contribution in [1.29, 1.82) is 5.26 Å². The Labute approximate surface area is 486 Å². The summed E-state index contributed by atoms with van der Waals surface area (Å²) in [4.78, 5) is 9.45. The van der Waals surface area contributed by atoms with Gasteiger partial charge in [0.2, 0.25) is 0 Å². The van der Waals surface area contributed by atoms with Crippen molar-refractivity contribution in [3.63, 3.8) is 0 Å². The Morgan fingerprint density at radius 2 is 0.582 bits per heavy atom. The molecule has 0 saturated heterocycles. The number of para-hydroxylation sites is 6. The summed E-state index contributed by atoms with van der Waals surface area (Å²) in [6.45, 7) is 37.1. The predicted octanol–water partition coefficient (Wildman–Crippen LogP) is 20.3. The second-order valence-corrected chi connectivity index (χ2v) is 24.8. The fourth-order valence-electron chi connectivity index (χ4n) is 10.8. The quantitative estimate of drug-likeness (QED) is 0.142. The Morgan fingerprint density at radius 1 is 0.316 bits per heavy atom. The third kappa shape index (κ3) is 11.1. The van der Waals surface area contributed by atoms with Crippen LogP contribution >= 0.6 is 0 Å². The zero-order valence-electron chi connectivity index (χ0n) is 47.8. The van der Waals surface area contributed by atoms with E-state index in [4.69, 9.17) is 11.8 Å². The van der Waals surface area contributed by atoms with Crippen LogP contribution in [0.15, 0.2) is 200 Å². The Balaban J connectivity index is 0.00000250. The fraction of sp³-hybridized carbons (Fsp3) is 0.219. The molecule has 2 heterocycles. The maximum absolute atomic E-state index is 6.25. The Hall–Kier alpha value is -7.64. The average Bonchev–Trinajstić information content (AvgIpc) is 4.27. The van der Waals surface area contributed by atoms with Gasteiger partial charge in [0.15, 0.2) is 0 Å². The van der Waals surface area contributed by atoms with Crippen LogP contribution in [0.1, 0.15) is 105 Å². The van der Waals surface area contributed by atoms with E-state index in [-0.39, 0.29) is 42.7 Å². The first-order valence-electron chi connectivity index (χ1n) is 27.2. The molecule has 398 valence electrons. The second kappa shape index (κ2) is 21.9. The van der Waals surface area contributed by atoms with Crippen molar-refractivity contribution >= 4 is 45.5 Å². The van der Waals surface area contributed by atoms with E-state index in [1.807, 2.05) is 0 Å². The molecule has 11 rings (SSSR count). The van der Waals surface area contributed by atoms with Gasteiger partial charge < -0.3 is 31.4 Å². The molecule has 0 radical (unpaired) electrons. The summed E-state index contributed by atoms with van der Waals surface area (Å²) in [5.41, 5.74) is 23.2. The van der Waals surface area contributed by atoms with E-state index in [0.29, 0.717) is 0 Å². The molecule has 0 unspecified atom stereocenters. The molecule has 0 fully saturated rings. The van der Waals surface area contributed by atoms with Crippen LogP contribution in [0, 0.1) is 31.2 Å². The topological polar surface area (TPSA) is 36.8 Å². The van der Waals surface area contributed by atoms with Crippen molar-refractivity contribution in [3.05, 3.63) is 248 Å². The number of hydrogen-bond acceptors (Lipinski definition) is 5. The van der Waals surface area contributed by atoms with Gasteiger partial charge in [-0.05, 0) is 90.4 Å². The first-order valence-corrected chi connectivity index (χ1v) is 27.2. The molecule has 0 saturated carbocycles. The monoisotopic (exact) mass is 1210 g/mol. The molecule has 9 aromatic rings. The molecule has 0 aliphatic carbocycles. The minimum absolute atomic E-state index is 0. The third-order valence-corrected chi connectivity index (χ3v) is 15.2. The van der Waals surface area contributed by atoms with Crippen LogP contribution in [-0.4, -0.2) is 0 Å². The Kier molecular flexibility index (Phi) is 15.5. The molecule has 0 bridgehead atoms. The molecule has 5 nitrogen and oxygen atoms in total. The first-order chi connectivity index (χ1) is 37.2. The van der Waals surface area contributed by atoms with Crippen molar-refractivity contribution in [2.75, 3.05) is 19.6 Å². The molecule has 9 aromatic carbocycles. The number of anilines is 8. The van der Waals surface area contributed by atoms with Gasteiger partial charge in [-0.1, -0.05) is 241 Å². The molecule has 79 heavy (non-hydrogen) atoms. The molecule has 0 amide bonds. The van der Waals surface area contributed by atoms with Gasteiger partial charge in [-0.15, -0.1) is 42.9 Å². The molecular weight excluding hydrogens is 1140 g/mol. The smallest absolute Gasteiger partial charge is 0.512 e. The second-order valence-electron chi connectivity index (χ2n) is 24.8. The number of benzene rings is 9. The van der Waals surface area contributed by atoms with Crippen molar-refractivity contribution in [1.82, 2.24) is 0 Å².